The third-order valence-electron chi connectivity index (χ3n) is 3.46. The summed E-state index contributed by atoms with van der Waals surface area (Å²) in [6.45, 7) is 1.92. The summed E-state index contributed by atoms with van der Waals surface area (Å²) in [5, 5.41) is 0. The van der Waals surface area contributed by atoms with Crippen LogP contribution in [0.25, 0.3) is 0 Å². The molecule has 112 valence electrons. The van der Waals surface area contributed by atoms with E-state index in [9.17, 15) is 4.39 Å². The summed E-state index contributed by atoms with van der Waals surface area (Å²) in [7, 11) is 3.15. The molecule has 0 aromatic heterocycles. The van der Waals surface area contributed by atoms with Crippen molar-refractivity contribution in [2.45, 2.75) is 13.0 Å². The van der Waals surface area contributed by atoms with Crippen molar-refractivity contribution in [1.29, 1.82) is 0 Å². The lowest BCUT2D eigenvalue weighted by molar-refractivity contribution is 0.354. The highest BCUT2D eigenvalue weighted by atomic mass is 19.1. The van der Waals surface area contributed by atoms with Crippen LogP contribution in [0.15, 0.2) is 36.4 Å². The van der Waals surface area contributed by atoms with E-state index in [0.29, 0.717) is 11.5 Å². The van der Waals surface area contributed by atoms with Crippen molar-refractivity contribution in [3.63, 3.8) is 0 Å². The molecule has 0 heterocycles. The number of methoxy groups -OCH3 is 2. The number of aryl methyl sites for hydroxylation is 1. The molecule has 0 radical (unpaired) electrons. The fraction of sp³-hybridized carbons (Fsp3) is 0.250. The molecule has 1 unspecified atom stereocenters. The molecule has 0 aliphatic heterocycles. The Morgan fingerprint density at radius 1 is 1.05 bits per heavy atom. The van der Waals surface area contributed by atoms with Gasteiger partial charge in [0.2, 0.25) is 0 Å². The first-order valence-electron chi connectivity index (χ1n) is 6.54. The quantitative estimate of drug-likeness (QED) is 0.656. The van der Waals surface area contributed by atoms with Gasteiger partial charge in [0.05, 0.1) is 20.3 Å². The molecule has 0 spiro atoms. The minimum Gasteiger partial charge on any atom is -0.493 e. The summed E-state index contributed by atoms with van der Waals surface area (Å²) >= 11 is 0. The van der Waals surface area contributed by atoms with Gasteiger partial charge in [-0.05, 0) is 47.9 Å². The molecular weight excluding hydrogens is 271 g/mol. The molecule has 0 bridgehead atoms. The van der Waals surface area contributed by atoms with Crippen LogP contribution < -0.4 is 20.7 Å². The Morgan fingerprint density at radius 2 is 1.76 bits per heavy atom. The number of benzene rings is 2. The standard InChI is InChI=1S/C16H19FN2O2/c1-10-4-6-12(17)9-13(10)16(19-18)11-5-7-14(20-2)15(8-11)21-3/h4-9,16,19H,18H2,1-3H3. The number of rotatable bonds is 5. The number of nitrogens with two attached hydrogens (primary N) is 1. The molecule has 5 heteroatoms. The molecule has 0 aliphatic rings. The number of hydrogen-bond donors (Lipinski definition) is 2. The van der Waals surface area contributed by atoms with Gasteiger partial charge < -0.3 is 9.47 Å². The molecule has 3 N–H and O–H groups in total. The lowest BCUT2D eigenvalue weighted by Gasteiger charge is -2.20. The second-order valence-electron chi connectivity index (χ2n) is 4.72. The molecule has 0 amide bonds. The van der Waals surface area contributed by atoms with Crippen molar-refractivity contribution in [2.24, 2.45) is 5.84 Å². The van der Waals surface area contributed by atoms with Gasteiger partial charge in [-0.15, -0.1) is 0 Å². The summed E-state index contributed by atoms with van der Waals surface area (Å²) in [4.78, 5) is 0. The summed E-state index contributed by atoms with van der Waals surface area (Å²) in [5.74, 6) is 6.61. The van der Waals surface area contributed by atoms with Crippen LogP contribution in [-0.4, -0.2) is 14.2 Å². The van der Waals surface area contributed by atoms with E-state index in [1.807, 2.05) is 19.1 Å². The lowest BCUT2D eigenvalue weighted by Crippen LogP contribution is -2.29. The Labute approximate surface area is 123 Å². The van der Waals surface area contributed by atoms with E-state index in [1.165, 1.54) is 12.1 Å². The Kier molecular flexibility index (Phi) is 4.77. The van der Waals surface area contributed by atoms with Gasteiger partial charge in [0.15, 0.2) is 11.5 Å². The number of halogens is 1. The van der Waals surface area contributed by atoms with Crippen molar-refractivity contribution in [3.05, 3.63) is 58.9 Å². The first kappa shape index (κ1) is 15.3. The first-order chi connectivity index (χ1) is 10.1. The predicted molar refractivity (Wildman–Crippen MR) is 79.8 cm³/mol. The SMILES string of the molecule is COc1ccc(C(NN)c2cc(F)ccc2C)cc1OC. The third kappa shape index (κ3) is 3.15. The van der Waals surface area contributed by atoms with Gasteiger partial charge in [0.25, 0.3) is 0 Å². The highest BCUT2D eigenvalue weighted by molar-refractivity contribution is 5.46. The Hall–Kier alpha value is -2.11. The highest BCUT2D eigenvalue weighted by Gasteiger charge is 2.17. The second-order valence-corrected chi connectivity index (χ2v) is 4.72. The Bertz CT molecular complexity index is 632. The normalized spacial score (nSPS) is 12.0. The molecule has 4 nitrogen and oxygen atoms in total. The fourth-order valence-corrected chi connectivity index (χ4v) is 2.32. The van der Waals surface area contributed by atoms with Crippen molar-refractivity contribution in [3.8, 4) is 11.5 Å². The summed E-state index contributed by atoms with van der Waals surface area (Å²) in [6.07, 6.45) is 0. The van der Waals surface area contributed by atoms with Gasteiger partial charge in [-0.3, -0.25) is 5.84 Å². The van der Waals surface area contributed by atoms with Gasteiger partial charge >= 0.3 is 0 Å². The zero-order chi connectivity index (χ0) is 15.4. The van der Waals surface area contributed by atoms with Crippen LogP contribution in [0, 0.1) is 12.7 Å². The average Bonchev–Trinajstić information content (AvgIpc) is 2.51. The molecule has 2 rings (SSSR count). The van der Waals surface area contributed by atoms with Crippen LogP contribution in [0.4, 0.5) is 4.39 Å². The van der Waals surface area contributed by atoms with Gasteiger partial charge in [0, 0.05) is 0 Å². The van der Waals surface area contributed by atoms with Crippen LogP contribution in [0.1, 0.15) is 22.7 Å². The summed E-state index contributed by atoms with van der Waals surface area (Å²) in [6, 6.07) is 9.81. The van der Waals surface area contributed by atoms with E-state index < -0.39 is 0 Å². The van der Waals surface area contributed by atoms with E-state index in [1.54, 1.807) is 26.4 Å². The van der Waals surface area contributed by atoms with Gasteiger partial charge in [0.1, 0.15) is 5.82 Å². The van der Waals surface area contributed by atoms with E-state index in [4.69, 9.17) is 15.3 Å². The smallest absolute Gasteiger partial charge is 0.161 e. The molecule has 21 heavy (non-hydrogen) atoms. The number of hydrogen-bond acceptors (Lipinski definition) is 4. The molecule has 0 fully saturated rings. The lowest BCUT2D eigenvalue weighted by atomic mass is 9.95. The first-order valence-corrected chi connectivity index (χ1v) is 6.54. The van der Waals surface area contributed by atoms with Crippen LogP contribution in [0.3, 0.4) is 0 Å². The topological polar surface area (TPSA) is 56.5 Å². The summed E-state index contributed by atoms with van der Waals surface area (Å²) in [5.41, 5.74) is 5.33. The van der Waals surface area contributed by atoms with Crippen LogP contribution in [-0.2, 0) is 0 Å². The van der Waals surface area contributed by atoms with Crippen LogP contribution >= 0.6 is 0 Å². The van der Waals surface area contributed by atoms with Gasteiger partial charge in [-0.25, -0.2) is 9.82 Å². The van der Waals surface area contributed by atoms with Crippen LogP contribution in [0.2, 0.25) is 0 Å². The van der Waals surface area contributed by atoms with Crippen molar-refractivity contribution in [1.82, 2.24) is 5.43 Å². The number of nitrogens with one attached hydrogen (secondary N) is 1. The highest BCUT2D eigenvalue weighted by Crippen LogP contribution is 2.33. The van der Waals surface area contributed by atoms with E-state index in [-0.39, 0.29) is 11.9 Å². The largest absolute Gasteiger partial charge is 0.493 e. The molecular formula is C16H19FN2O2. The van der Waals surface area contributed by atoms with E-state index >= 15 is 0 Å². The minimum atomic E-state index is -0.333. The predicted octanol–water partition coefficient (Wildman–Crippen LogP) is 2.70. The number of hydrazine groups is 1. The van der Waals surface area contributed by atoms with Crippen molar-refractivity contribution < 1.29 is 13.9 Å². The molecule has 0 saturated carbocycles. The zero-order valence-electron chi connectivity index (χ0n) is 12.3. The Balaban J connectivity index is 2.48. The maximum atomic E-state index is 13.5. The van der Waals surface area contributed by atoms with Gasteiger partial charge in [-0.1, -0.05) is 12.1 Å². The van der Waals surface area contributed by atoms with Crippen LogP contribution in [0.5, 0.6) is 11.5 Å². The van der Waals surface area contributed by atoms with Crippen molar-refractivity contribution in [2.75, 3.05) is 14.2 Å². The van der Waals surface area contributed by atoms with E-state index in [2.05, 4.69) is 5.43 Å². The number of ether oxygens (including phenoxy) is 2. The average molecular weight is 290 g/mol. The maximum absolute atomic E-state index is 13.5. The molecule has 0 saturated heterocycles. The second kappa shape index (κ2) is 6.56. The Morgan fingerprint density at radius 3 is 2.38 bits per heavy atom. The minimum absolute atomic E-state index is 0.295. The van der Waals surface area contributed by atoms with Gasteiger partial charge in [-0.2, -0.15) is 0 Å². The van der Waals surface area contributed by atoms with Crippen molar-refractivity contribution >= 4 is 0 Å². The zero-order valence-corrected chi connectivity index (χ0v) is 12.3. The maximum Gasteiger partial charge on any atom is 0.161 e. The molecule has 1 atom stereocenters. The third-order valence-corrected chi connectivity index (χ3v) is 3.46. The summed E-state index contributed by atoms with van der Waals surface area (Å²) < 4.78 is 24.0. The molecule has 0 aliphatic carbocycles. The molecule has 2 aromatic carbocycles. The monoisotopic (exact) mass is 290 g/mol. The fourth-order valence-electron chi connectivity index (χ4n) is 2.32. The molecule has 2 aromatic rings. The van der Waals surface area contributed by atoms with E-state index in [0.717, 1.165) is 16.7 Å².